The van der Waals surface area contributed by atoms with Gasteiger partial charge in [0, 0.05) is 10.6 Å². The normalized spacial score (nSPS) is 10.5. The van der Waals surface area contributed by atoms with E-state index in [9.17, 15) is 4.79 Å². The predicted molar refractivity (Wildman–Crippen MR) is 80.2 cm³/mol. The molecule has 0 saturated carbocycles. The number of nitrogens with zero attached hydrogens (tertiary/aromatic N) is 3. The number of para-hydroxylation sites is 2. The Morgan fingerprint density at radius 3 is 2.62 bits per heavy atom. The second-order valence-corrected chi connectivity index (χ2v) is 4.94. The first-order chi connectivity index (χ1) is 10.2. The topological polar surface area (TPSA) is 58.7 Å². The van der Waals surface area contributed by atoms with Crippen molar-refractivity contribution in [3.05, 3.63) is 64.9 Å². The van der Waals surface area contributed by atoms with E-state index in [1.54, 1.807) is 24.3 Å². The van der Waals surface area contributed by atoms with Gasteiger partial charge in [0.1, 0.15) is 5.82 Å². The minimum Gasteiger partial charge on any atom is -0.268 e. The molecule has 102 valence electrons. The largest absolute Gasteiger partial charge is 0.268 e. The van der Waals surface area contributed by atoms with Gasteiger partial charge in [-0.05, 0) is 36.4 Å². The van der Waals surface area contributed by atoms with Gasteiger partial charge in [-0.2, -0.15) is 5.26 Å². The molecule has 0 amide bonds. The maximum atomic E-state index is 12.7. The quantitative estimate of drug-likeness (QED) is 0.727. The third-order valence-corrected chi connectivity index (χ3v) is 3.41. The van der Waals surface area contributed by atoms with Crippen molar-refractivity contribution in [2.75, 3.05) is 0 Å². The summed E-state index contributed by atoms with van der Waals surface area (Å²) in [5, 5.41) is 9.49. The Bertz CT molecular complexity index is 859. The van der Waals surface area contributed by atoms with E-state index in [0.29, 0.717) is 27.4 Å². The van der Waals surface area contributed by atoms with Crippen LogP contribution in [-0.2, 0) is 6.42 Å². The van der Waals surface area contributed by atoms with Gasteiger partial charge in [-0.25, -0.2) is 4.98 Å². The molecule has 4 nitrogen and oxygen atoms in total. The summed E-state index contributed by atoms with van der Waals surface area (Å²) in [5.41, 5.74) is 1.90. The Morgan fingerprint density at radius 1 is 1.19 bits per heavy atom. The molecule has 3 rings (SSSR count). The lowest BCUT2D eigenvalue weighted by atomic mass is 10.2. The summed E-state index contributed by atoms with van der Waals surface area (Å²) in [6.45, 7) is 0. The van der Waals surface area contributed by atoms with Crippen LogP contribution in [0.2, 0.25) is 5.02 Å². The van der Waals surface area contributed by atoms with Crippen LogP contribution in [0.5, 0.6) is 0 Å². The molecule has 3 aromatic rings. The zero-order valence-corrected chi connectivity index (χ0v) is 11.7. The van der Waals surface area contributed by atoms with E-state index in [-0.39, 0.29) is 12.3 Å². The van der Waals surface area contributed by atoms with E-state index in [4.69, 9.17) is 16.9 Å². The summed E-state index contributed by atoms with van der Waals surface area (Å²) in [5.74, 6) is 0.226. The SMILES string of the molecule is N#CCc1nc2ccccc2n1C(=O)c1ccc(Cl)cc1. The monoisotopic (exact) mass is 295 g/mol. The van der Waals surface area contributed by atoms with Crippen LogP contribution < -0.4 is 0 Å². The minimum absolute atomic E-state index is 0.0774. The maximum Gasteiger partial charge on any atom is 0.263 e. The van der Waals surface area contributed by atoms with Crippen LogP contribution in [0, 0.1) is 11.3 Å². The van der Waals surface area contributed by atoms with Gasteiger partial charge in [-0.1, -0.05) is 23.7 Å². The first-order valence-corrected chi connectivity index (χ1v) is 6.72. The van der Waals surface area contributed by atoms with Gasteiger partial charge in [0.2, 0.25) is 0 Å². The summed E-state index contributed by atoms with van der Waals surface area (Å²) in [7, 11) is 0. The number of carbonyl (C=O) groups is 1. The van der Waals surface area contributed by atoms with E-state index in [1.165, 1.54) is 4.57 Å². The highest BCUT2D eigenvalue weighted by molar-refractivity contribution is 6.30. The molecule has 1 aromatic heterocycles. The molecule has 2 aromatic carbocycles. The molecular formula is C16H10ClN3O. The summed E-state index contributed by atoms with van der Waals surface area (Å²) >= 11 is 5.84. The zero-order chi connectivity index (χ0) is 14.8. The molecule has 0 aliphatic carbocycles. The van der Waals surface area contributed by atoms with Gasteiger partial charge in [0.05, 0.1) is 23.5 Å². The Balaban J connectivity index is 2.18. The van der Waals surface area contributed by atoms with E-state index < -0.39 is 0 Å². The van der Waals surface area contributed by atoms with Crippen LogP contribution in [0.4, 0.5) is 0 Å². The molecule has 0 spiro atoms. The molecule has 0 fully saturated rings. The number of carbonyl (C=O) groups excluding carboxylic acids is 1. The van der Waals surface area contributed by atoms with Crippen LogP contribution in [0.1, 0.15) is 16.2 Å². The lowest BCUT2D eigenvalue weighted by Gasteiger charge is -2.06. The third kappa shape index (κ3) is 2.39. The zero-order valence-electron chi connectivity index (χ0n) is 11.0. The van der Waals surface area contributed by atoms with E-state index in [1.807, 2.05) is 30.3 Å². The number of rotatable bonds is 2. The van der Waals surface area contributed by atoms with Gasteiger partial charge in [-0.3, -0.25) is 9.36 Å². The number of nitriles is 1. The fraction of sp³-hybridized carbons (Fsp3) is 0.0625. The molecule has 1 heterocycles. The molecule has 0 aliphatic rings. The maximum absolute atomic E-state index is 12.7. The van der Waals surface area contributed by atoms with Gasteiger partial charge >= 0.3 is 0 Å². The Hall–Kier alpha value is -2.64. The number of fused-ring (bicyclic) bond motifs is 1. The average Bonchev–Trinajstić information content (AvgIpc) is 2.85. The molecule has 0 bridgehead atoms. The molecule has 21 heavy (non-hydrogen) atoms. The van der Waals surface area contributed by atoms with Crippen molar-refractivity contribution in [2.45, 2.75) is 6.42 Å². The summed E-state index contributed by atoms with van der Waals surface area (Å²) in [6, 6.07) is 16.0. The first-order valence-electron chi connectivity index (χ1n) is 6.34. The number of hydrogen-bond donors (Lipinski definition) is 0. The van der Waals surface area contributed by atoms with Crippen molar-refractivity contribution in [2.24, 2.45) is 0 Å². The summed E-state index contributed by atoms with van der Waals surface area (Å²) in [4.78, 5) is 17.1. The molecule has 5 heteroatoms. The third-order valence-electron chi connectivity index (χ3n) is 3.16. The van der Waals surface area contributed by atoms with Crippen LogP contribution >= 0.6 is 11.6 Å². The number of halogens is 1. The number of benzene rings is 2. The Kier molecular flexibility index (Phi) is 3.43. The smallest absolute Gasteiger partial charge is 0.263 e. The van der Waals surface area contributed by atoms with Gasteiger partial charge in [0.25, 0.3) is 5.91 Å². The second-order valence-electron chi connectivity index (χ2n) is 4.50. The molecule has 0 saturated heterocycles. The van der Waals surface area contributed by atoms with Crippen molar-refractivity contribution >= 4 is 28.5 Å². The van der Waals surface area contributed by atoms with Crippen LogP contribution in [-0.4, -0.2) is 15.5 Å². The highest BCUT2D eigenvalue weighted by Gasteiger charge is 2.17. The molecular weight excluding hydrogens is 286 g/mol. The number of aromatic nitrogens is 2. The Morgan fingerprint density at radius 2 is 1.90 bits per heavy atom. The minimum atomic E-state index is -0.217. The van der Waals surface area contributed by atoms with Gasteiger partial charge < -0.3 is 0 Å². The van der Waals surface area contributed by atoms with Crippen molar-refractivity contribution in [3.8, 4) is 6.07 Å². The second kappa shape index (κ2) is 5.39. The van der Waals surface area contributed by atoms with E-state index in [2.05, 4.69) is 4.98 Å². The highest BCUT2D eigenvalue weighted by Crippen LogP contribution is 2.19. The number of imidazole rings is 1. The van der Waals surface area contributed by atoms with Crippen molar-refractivity contribution < 1.29 is 4.79 Å². The van der Waals surface area contributed by atoms with Crippen LogP contribution in [0.15, 0.2) is 48.5 Å². The van der Waals surface area contributed by atoms with Crippen LogP contribution in [0.3, 0.4) is 0 Å². The lowest BCUT2D eigenvalue weighted by molar-refractivity contribution is 0.0962. The molecule has 0 unspecified atom stereocenters. The lowest BCUT2D eigenvalue weighted by Crippen LogP contribution is -2.15. The fourth-order valence-corrected chi connectivity index (χ4v) is 2.34. The molecule has 0 N–H and O–H groups in total. The Labute approximate surface area is 126 Å². The molecule has 0 radical (unpaired) electrons. The first kappa shape index (κ1) is 13.3. The summed E-state index contributed by atoms with van der Waals surface area (Å²) < 4.78 is 1.49. The van der Waals surface area contributed by atoms with Gasteiger partial charge in [-0.15, -0.1) is 0 Å². The van der Waals surface area contributed by atoms with E-state index in [0.717, 1.165) is 0 Å². The number of hydrogen-bond acceptors (Lipinski definition) is 3. The van der Waals surface area contributed by atoms with Gasteiger partial charge in [0.15, 0.2) is 0 Å². The standard InChI is InChI=1S/C16H10ClN3O/c17-12-7-5-11(6-8-12)16(21)20-14-4-2-1-3-13(14)19-15(20)9-10-18/h1-8H,9H2. The van der Waals surface area contributed by atoms with Crippen molar-refractivity contribution in [1.29, 1.82) is 5.26 Å². The van der Waals surface area contributed by atoms with E-state index >= 15 is 0 Å². The predicted octanol–water partition coefficient (Wildman–Crippen LogP) is 3.44. The molecule has 0 atom stereocenters. The fourth-order valence-electron chi connectivity index (χ4n) is 2.21. The van der Waals surface area contributed by atoms with Crippen LogP contribution in [0.25, 0.3) is 11.0 Å². The van der Waals surface area contributed by atoms with Crippen molar-refractivity contribution in [1.82, 2.24) is 9.55 Å². The summed E-state index contributed by atoms with van der Waals surface area (Å²) in [6.07, 6.45) is 0.0774. The van der Waals surface area contributed by atoms with Crippen molar-refractivity contribution in [3.63, 3.8) is 0 Å². The average molecular weight is 296 g/mol. The molecule has 0 aliphatic heterocycles. The highest BCUT2D eigenvalue weighted by atomic mass is 35.5.